The third-order valence-corrected chi connectivity index (χ3v) is 11.9. The number of thioether (sulfide) groups is 1. The first kappa shape index (κ1) is 40.3. The van der Waals surface area contributed by atoms with Crippen molar-refractivity contribution in [2.24, 2.45) is 0 Å². The zero-order valence-electron chi connectivity index (χ0n) is 32.0. The van der Waals surface area contributed by atoms with Crippen molar-refractivity contribution < 1.29 is 23.9 Å². The summed E-state index contributed by atoms with van der Waals surface area (Å²) in [5, 5.41) is 18.6. The van der Waals surface area contributed by atoms with Gasteiger partial charge in [-0.05, 0) is 77.2 Å². The summed E-state index contributed by atoms with van der Waals surface area (Å²) in [6.07, 6.45) is 2.14. The Kier molecular flexibility index (Phi) is 13.0. The standard InChI is InChI=1S/C47H39N5O5S2/c1-31(53)52-25-24-39-40(28-48)47(59-42(39)29-52)51-46(56)43(34-14-7-3-8-15-34)58-38-19-11-18-36(27-38)49-45(55)41(50-44(54)35-16-9-4-10-17-35)26-32-20-22-37(23-21-32)57-30-33-12-5-2-6-13-33/h2-23,26-27,43H,24-25,29-30H2,1H3,(H,49,55)(H,50,54)(H,51,56)/b41-26+. The second-order valence-corrected chi connectivity index (χ2v) is 15.9. The highest BCUT2D eigenvalue weighted by Crippen LogP contribution is 2.41. The third-order valence-electron chi connectivity index (χ3n) is 9.51. The van der Waals surface area contributed by atoms with E-state index in [0.29, 0.717) is 64.1 Å². The van der Waals surface area contributed by atoms with Crippen molar-refractivity contribution in [2.75, 3.05) is 17.2 Å². The SMILES string of the molecule is CC(=O)N1CCc2c(sc(NC(=O)C(Sc3cccc(NC(=O)/C(=C\c4ccc(OCc5ccccc5)cc4)NC(=O)c4ccccc4)c3)c3ccccc3)c2C#N)C1. The van der Waals surface area contributed by atoms with Gasteiger partial charge in [-0.25, -0.2) is 0 Å². The number of nitrogens with zero attached hydrogens (tertiary/aromatic N) is 2. The quantitative estimate of drug-likeness (QED) is 0.0781. The van der Waals surface area contributed by atoms with Gasteiger partial charge < -0.3 is 25.6 Å². The lowest BCUT2D eigenvalue weighted by atomic mass is 10.0. The number of nitrogens with one attached hydrogen (secondary N) is 3. The number of anilines is 2. The zero-order valence-corrected chi connectivity index (χ0v) is 33.6. The van der Waals surface area contributed by atoms with E-state index in [1.165, 1.54) is 30.0 Å². The predicted octanol–water partition coefficient (Wildman–Crippen LogP) is 8.99. The van der Waals surface area contributed by atoms with Crippen LogP contribution in [0.15, 0.2) is 150 Å². The molecule has 0 fully saturated rings. The van der Waals surface area contributed by atoms with E-state index >= 15 is 0 Å². The van der Waals surface area contributed by atoms with Gasteiger partial charge in [-0.1, -0.05) is 97.1 Å². The number of amides is 4. The van der Waals surface area contributed by atoms with Crippen molar-refractivity contribution in [2.45, 2.75) is 36.6 Å². The van der Waals surface area contributed by atoms with Crippen LogP contribution in [0.3, 0.4) is 0 Å². The summed E-state index contributed by atoms with van der Waals surface area (Å²) in [5.41, 5.74) is 4.61. The molecule has 1 aromatic heterocycles. The molecule has 1 atom stereocenters. The lowest BCUT2D eigenvalue weighted by molar-refractivity contribution is -0.129. The Morgan fingerprint density at radius 2 is 1.56 bits per heavy atom. The molecule has 0 radical (unpaired) electrons. The summed E-state index contributed by atoms with van der Waals surface area (Å²) in [5.74, 6) is -0.695. The molecule has 1 unspecified atom stereocenters. The molecule has 59 heavy (non-hydrogen) atoms. The van der Waals surface area contributed by atoms with E-state index in [0.717, 1.165) is 21.6 Å². The van der Waals surface area contributed by atoms with Gasteiger partial charge in [-0.3, -0.25) is 19.2 Å². The summed E-state index contributed by atoms with van der Waals surface area (Å²) >= 11 is 2.62. The van der Waals surface area contributed by atoms with Crippen LogP contribution in [0.1, 0.15) is 55.2 Å². The number of thiophene rings is 1. The molecule has 2 heterocycles. The fraction of sp³-hybridized carbons (Fsp3) is 0.128. The van der Waals surface area contributed by atoms with E-state index < -0.39 is 17.1 Å². The van der Waals surface area contributed by atoms with Gasteiger partial charge in [0.25, 0.3) is 11.8 Å². The lowest BCUT2D eigenvalue weighted by Gasteiger charge is -2.25. The molecule has 0 bridgehead atoms. The molecule has 0 spiro atoms. The maximum atomic E-state index is 14.1. The first-order valence-electron chi connectivity index (χ1n) is 18.8. The number of carbonyl (C=O) groups excluding carboxylic acids is 4. The molecule has 4 amide bonds. The molecular weight excluding hydrogens is 779 g/mol. The maximum absolute atomic E-state index is 14.1. The average Bonchev–Trinajstić information content (AvgIpc) is 3.62. The molecule has 1 aliphatic heterocycles. The van der Waals surface area contributed by atoms with E-state index in [2.05, 4.69) is 22.0 Å². The highest BCUT2D eigenvalue weighted by molar-refractivity contribution is 8.00. The number of carbonyl (C=O) groups is 4. The first-order chi connectivity index (χ1) is 28.7. The molecule has 12 heteroatoms. The smallest absolute Gasteiger partial charge is 0.272 e. The monoisotopic (exact) mass is 817 g/mol. The van der Waals surface area contributed by atoms with E-state index in [9.17, 15) is 24.4 Å². The van der Waals surface area contributed by atoms with Crippen molar-refractivity contribution in [3.05, 3.63) is 183 Å². The van der Waals surface area contributed by atoms with Crippen LogP contribution in [0, 0.1) is 11.3 Å². The number of fused-ring (bicyclic) bond motifs is 1. The van der Waals surface area contributed by atoms with Gasteiger partial charge in [0.05, 0.1) is 12.1 Å². The van der Waals surface area contributed by atoms with Crippen LogP contribution in [0.25, 0.3) is 6.08 Å². The summed E-state index contributed by atoms with van der Waals surface area (Å²) in [6, 6.07) is 44.4. The fourth-order valence-electron chi connectivity index (χ4n) is 6.45. The number of hydrogen-bond acceptors (Lipinski definition) is 8. The molecular formula is C47H39N5O5S2. The number of nitriles is 1. The highest BCUT2D eigenvalue weighted by atomic mass is 32.2. The fourth-order valence-corrected chi connectivity index (χ4v) is 8.75. The Balaban J connectivity index is 1.10. The minimum atomic E-state index is -0.721. The van der Waals surface area contributed by atoms with Gasteiger partial charge in [-0.2, -0.15) is 5.26 Å². The Morgan fingerprint density at radius 3 is 2.25 bits per heavy atom. The molecule has 0 saturated heterocycles. The predicted molar refractivity (Wildman–Crippen MR) is 232 cm³/mol. The molecule has 294 valence electrons. The van der Waals surface area contributed by atoms with Gasteiger partial charge in [0.15, 0.2) is 0 Å². The summed E-state index contributed by atoms with van der Waals surface area (Å²) in [7, 11) is 0. The van der Waals surface area contributed by atoms with Crippen molar-refractivity contribution in [3.8, 4) is 11.8 Å². The van der Waals surface area contributed by atoms with Gasteiger partial charge in [0, 0.05) is 34.5 Å². The van der Waals surface area contributed by atoms with Crippen LogP contribution >= 0.6 is 23.1 Å². The Bertz CT molecular complexity index is 2540. The Hall–Kier alpha value is -6.94. The van der Waals surface area contributed by atoms with E-state index in [1.807, 2.05) is 66.7 Å². The average molecular weight is 818 g/mol. The number of ether oxygens (including phenoxy) is 1. The van der Waals surface area contributed by atoms with E-state index in [1.54, 1.807) is 83.8 Å². The van der Waals surface area contributed by atoms with Gasteiger partial charge in [0.2, 0.25) is 11.8 Å². The molecule has 5 aromatic carbocycles. The zero-order chi connectivity index (χ0) is 41.1. The van der Waals surface area contributed by atoms with E-state index in [-0.39, 0.29) is 17.5 Å². The molecule has 3 N–H and O–H groups in total. The second kappa shape index (κ2) is 19.0. The van der Waals surface area contributed by atoms with Gasteiger partial charge in [0.1, 0.15) is 34.4 Å². The molecule has 7 rings (SSSR count). The summed E-state index contributed by atoms with van der Waals surface area (Å²) in [6.45, 7) is 2.85. The van der Waals surface area contributed by atoms with Gasteiger partial charge in [-0.15, -0.1) is 23.1 Å². The van der Waals surface area contributed by atoms with Crippen LogP contribution in [-0.2, 0) is 34.0 Å². The number of rotatable bonds is 13. The number of hydrogen-bond donors (Lipinski definition) is 3. The molecule has 1 aliphatic rings. The largest absolute Gasteiger partial charge is 0.489 e. The third kappa shape index (κ3) is 10.3. The maximum Gasteiger partial charge on any atom is 0.272 e. The van der Waals surface area contributed by atoms with Crippen LogP contribution in [-0.4, -0.2) is 35.1 Å². The van der Waals surface area contributed by atoms with Crippen molar-refractivity contribution in [3.63, 3.8) is 0 Å². The van der Waals surface area contributed by atoms with Crippen molar-refractivity contribution >= 4 is 63.5 Å². The first-order valence-corrected chi connectivity index (χ1v) is 20.5. The van der Waals surface area contributed by atoms with Crippen molar-refractivity contribution in [1.82, 2.24) is 10.2 Å². The highest BCUT2D eigenvalue weighted by Gasteiger charge is 2.29. The minimum Gasteiger partial charge on any atom is -0.489 e. The lowest BCUT2D eigenvalue weighted by Crippen LogP contribution is -2.33. The summed E-state index contributed by atoms with van der Waals surface area (Å²) < 4.78 is 5.93. The molecule has 0 saturated carbocycles. The van der Waals surface area contributed by atoms with E-state index in [4.69, 9.17) is 4.74 Å². The topological polar surface area (TPSA) is 141 Å². The van der Waals surface area contributed by atoms with Crippen LogP contribution in [0.4, 0.5) is 10.7 Å². The Morgan fingerprint density at radius 1 is 0.864 bits per heavy atom. The van der Waals surface area contributed by atoms with Gasteiger partial charge >= 0.3 is 0 Å². The molecule has 0 aliphatic carbocycles. The normalized spacial score (nSPS) is 12.7. The minimum absolute atomic E-state index is 0.0229. The number of benzene rings is 5. The Labute approximate surface area is 350 Å². The van der Waals surface area contributed by atoms with Crippen LogP contribution in [0.2, 0.25) is 0 Å². The second-order valence-electron chi connectivity index (χ2n) is 13.6. The molecule has 10 nitrogen and oxygen atoms in total. The van der Waals surface area contributed by atoms with Crippen LogP contribution < -0.4 is 20.7 Å². The summed E-state index contributed by atoms with van der Waals surface area (Å²) in [4.78, 5) is 56.7. The van der Waals surface area contributed by atoms with Crippen molar-refractivity contribution in [1.29, 1.82) is 5.26 Å². The van der Waals surface area contributed by atoms with Crippen LogP contribution in [0.5, 0.6) is 5.75 Å². The molecule has 6 aromatic rings.